The zero-order valence-electron chi connectivity index (χ0n) is 8.56. The number of hydrogen-bond donors (Lipinski definition) is 1. The number of hydrogen-bond acceptors (Lipinski definition) is 3. The first-order valence-electron chi connectivity index (χ1n) is 5.10. The van der Waals surface area contributed by atoms with Crippen LogP contribution >= 0.6 is 0 Å². The predicted octanol–water partition coefficient (Wildman–Crippen LogP) is 1.25. The average molecular weight is 202 g/mol. The van der Waals surface area contributed by atoms with Gasteiger partial charge < -0.3 is 4.98 Å². The zero-order chi connectivity index (χ0) is 10.3. The zero-order valence-corrected chi connectivity index (χ0v) is 8.56. The molecule has 2 aromatic rings. The van der Waals surface area contributed by atoms with Crippen molar-refractivity contribution in [2.45, 2.75) is 19.8 Å². The average Bonchev–Trinajstić information content (AvgIpc) is 2.85. The molecule has 0 unspecified atom stereocenters. The minimum atomic E-state index is 0.805. The van der Waals surface area contributed by atoms with E-state index in [1.807, 2.05) is 0 Å². The van der Waals surface area contributed by atoms with E-state index >= 15 is 0 Å². The molecular weight excluding hydrogens is 190 g/mol. The lowest BCUT2D eigenvalue weighted by Gasteiger charge is -1.98. The lowest BCUT2D eigenvalue weighted by atomic mass is 10.3. The van der Waals surface area contributed by atoms with Gasteiger partial charge in [-0.25, -0.2) is 9.56 Å². The summed E-state index contributed by atoms with van der Waals surface area (Å²) in [7, 11) is 0. The molecule has 1 aliphatic rings. The molecule has 0 amide bonds. The van der Waals surface area contributed by atoms with Gasteiger partial charge in [-0.3, -0.25) is 0 Å². The Morgan fingerprint density at radius 1 is 1.33 bits per heavy atom. The van der Waals surface area contributed by atoms with Gasteiger partial charge in [0.2, 0.25) is 11.8 Å². The van der Waals surface area contributed by atoms with Crippen molar-refractivity contribution in [1.29, 1.82) is 0 Å². The molecule has 1 N–H and O–H groups in total. The minimum absolute atomic E-state index is 0.805. The lowest BCUT2D eigenvalue weighted by Crippen LogP contribution is -2.08. The second-order valence-corrected chi connectivity index (χ2v) is 3.79. The van der Waals surface area contributed by atoms with E-state index in [1.54, 1.807) is 12.7 Å². The van der Waals surface area contributed by atoms with Gasteiger partial charge in [0.05, 0.1) is 18.6 Å². The summed E-state index contributed by atoms with van der Waals surface area (Å²) in [4.78, 5) is 15.7. The Morgan fingerprint density at radius 3 is 3.07 bits per heavy atom. The van der Waals surface area contributed by atoms with Crippen LogP contribution in [0.4, 0.5) is 5.82 Å². The SMILES string of the molecule is CC1=[N+](c2ncnc3[nH]cnc23)CCC1. The van der Waals surface area contributed by atoms with Crippen molar-refractivity contribution in [2.75, 3.05) is 6.54 Å². The van der Waals surface area contributed by atoms with E-state index in [-0.39, 0.29) is 0 Å². The summed E-state index contributed by atoms with van der Waals surface area (Å²) < 4.78 is 2.23. The number of fused-ring (bicyclic) bond motifs is 1. The van der Waals surface area contributed by atoms with Crippen molar-refractivity contribution in [3.05, 3.63) is 12.7 Å². The molecule has 1 aliphatic heterocycles. The number of nitrogens with zero attached hydrogens (tertiary/aromatic N) is 4. The van der Waals surface area contributed by atoms with Crippen LogP contribution < -0.4 is 0 Å². The van der Waals surface area contributed by atoms with E-state index in [0.717, 1.165) is 29.9 Å². The number of aromatic amines is 1. The van der Waals surface area contributed by atoms with Gasteiger partial charge in [0, 0.05) is 6.42 Å². The Bertz CT molecular complexity index is 539. The van der Waals surface area contributed by atoms with E-state index in [0.29, 0.717) is 0 Å². The fourth-order valence-corrected chi connectivity index (χ4v) is 2.05. The van der Waals surface area contributed by atoms with Crippen LogP contribution in [0.1, 0.15) is 19.8 Å². The maximum Gasteiger partial charge on any atom is 0.354 e. The molecule has 0 radical (unpaired) electrons. The third kappa shape index (κ3) is 1.23. The van der Waals surface area contributed by atoms with Crippen molar-refractivity contribution < 1.29 is 4.58 Å². The van der Waals surface area contributed by atoms with E-state index in [1.165, 1.54) is 12.1 Å². The van der Waals surface area contributed by atoms with Crippen LogP contribution in [0.15, 0.2) is 12.7 Å². The van der Waals surface area contributed by atoms with Crippen LogP contribution in [0.25, 0.3) is 11.2 Å². The summed E-state index contributed by atoms with van der Waals surface area (Å²) in [6.45, 7) is 3.18. The summed E-state index contributed by atoms with van der Waals surface area (Å²) in [5.74, 6) is 0.927. The topological polar surface area (TPSA) is 57.5 Å². The number of H-pyrrole nitrogens is 1. The quantitative estimate of drug-likeness (QED) is 0.708. The van der Waals surface area contributed by atoms with Gasteiger partial charge in [-0.1, -0.05) is 0 Å². The van der Waals surface area contributed by atoms with Crippen molar-refractivity contribution in [3.8, 4) is 0 Å². The van der Waals surface area contributed by atoms with Gasteiger partial charge in [0.1, 0.15) is 0 Å². The van der Waals surface area contributed by atoms with Crippen molar-refractivity contribution >= 4 is 22.7 Å². The Morgan fingerprint density at radius 2 is 2.27 bits per heavy atom. The van der Waals surface area contributed by atoms with Gasteiger partial charge in [-0.05, 0) is 18.3 Å². The van der Waals surface area contributed by atoms with Gasteiger partial charge in [-0.2, -0.15) is 4.98 Å². The first-order valence-corrected chi connectivity index (χ1v) is 5.10. The number of aromatic nitrogens is 4. The third-order valence-electron chi connectivity index (χ3n) is 2.83. The largest absolute Gasteiger partial charge is 0.354 e. The van der Waals surface area contributed by atoms with Crippen LogP contribution in [0.2, 0.25) is 0 Å². The van der Waals surface area contributed by atoms with Crippen molar-refractivity contribution in [3.63, 3.8) is 0 Å². The van der Waals surface area contributed by atoms with Crippen LogP contribution in [0, 0.1) is 0 Å². The third-order valence-corrected chi connectivity index (χ3v) is 2.83. The normalized spacial score (nSPS) is 16.6. The Hall–Kier alpha value is -1.78. The maximum absolute atomic E-state index is 4.32. The molecule has 3 rings (SSSR count). The van der Waals surface area contributed by atoms with Gasteiger partial charge in [0.25, 0.3) is 0 Å². The summed E-state index contributed by atoms with van der Waals surface area (Å²) in [6.07, 6.45) is 5.59. The first-order chi connectivity index (χ1) is 7.36. The fraction of sp³-hybridized carbons (Fsp3) is 0.400. The lowest BCUT2D eigenvalue weighted by molar-refractivity contribution is -0.434. The van der Waals surface area contributed by atoms with E-state index in [9.17, 15) is 0 Å². The molecule has 0 fully saturated rings. The highest BCUT2D eigenvalue weighted by molar-refractivity contribution is 5.83. The monoisotopic (exact) mass is 202 g/mol. The van der Waals surface area contributed by atoms with E-state index in [4.69, 9.17) is 0 Å². The van der Waals surface area contributed by atoms with Gasteiger partial charge in [0.15, 0.2) is 5.65 Å². The second-order valence-electron chi connectivity index (χ2n) is 3.79. The van der Waals surface area contributed by atoms with Gasteiger partial charge >= 0.3 is 5.82 Å². The Labute approximate surface area is 86.9 Å². The highest BCUT2D eigenvalue weighted by Crippen LogP contribution is 2.21. The molecule has 5 nitrogen and oxygen atoms in total. The number of imidazole rings is 1. The summed E-state index contributed by atoms with van der Waals surface area (Å²) >= 11 is 0. The Balaban J connectivity index is 2.26. The maximum atomic E-state index is 4.32. The minimum Gasteiger partial charge on any atom is -0.329 e. The highest BCUT2D eigenvalue weighted by Gasteiger charge is 2.23. The molecule has 0 saturated carbocycles. The van der Waals surface area contributed by atoms with Crippen LogP contribution in [-0.4, -0.2) is 36.8 Å². The standard InChI is InChI=1S/C10H12N5/c1-7-3-2-4-15(7)10-8-9(12-5-11-8)13-6-14-10/h5-6H,2-4H2,1H3,(H,11,12,13,14)/q+1. The summed E-state index contributed by atoms with van der Waals surface area (Å²) in [6, 6.07) is 0. The van der Waals surface area contributed by atoms with E-state index < -0.39 is 0 Å². The highest BCUT2D eigenvalue weighted by atomic mass is 15.1. The van der Waals surface area contributed by atoms with Crippen LogP contribution in [-0.2, 0) is 0 Å². The molecule has 2 aromatic heterocycles. The molecule has 15 heavy (non-hydrogen) atoms. The molecule has 0 aromatic carbocycles. The molecule has 3 heterocycles. The molecule has 0 bridgehead atoms. The number of nitrogens with one attached hydrogen (secondary N) is 1. The first kappa shape index (κ1) is 8.52. The van der Waals surface area contributed by atoms with E-state index in [2.05, 4.69) is 31.4 Å². The van der Waals surface area contributed by atoms with Crippen LogP contribution in [0.3, 0.4) is 0 Å². The summed E-state index contributed by atoms with van der Waals surface area (Å²) in [5.41, 5.74) is 3.02. The molecule has 0 aliphatic carbocycles. The molecular formula is C10H12N5+. The summed E-state index contributed by atoms with van der Waals surface area (Å²) in [5, 5.41) is 0. The number of rotatable bonds is 1. The molecule has 0 spiro atoms. The van der Waals surface area contributed by atoms with Crippen LogP contribution in [0.5, 0.6) is 0 Å². The molecule has 0 atom stereocenters. The smallest absolute Gasteiger partial charge is 0.329 e. The Kier molecular flexibility index (Phi) is 1.77. The molecule has 0 saturated heterocycles. The van der Waals surface area contributed by atoms with Crippen molar-refractivity contribution in [1.82, 2.24) is 19.9 Å². The molecule has 5 heteroatoms. The van der Waals surface area contributed by atoms with Crippen molar-refractivity contribution in [2.24, 2.45) is 0 Å². The predicted molar refractivity (Wildman–Crippen MR) is 56.4 cm³/mol. The fourth-order valence-electron chi connectivity index (χ4n) is 2.05. The second kappa shape index (κ2) is 3.12. The van der Waals surface area contributed by atoms with Gasteiger partial charge in [-0.15, -0.1) is 0 Å². The molecule has 76 valence electrons.